The molecule has 0 atom stereocenters. The Morgan fingerprint density at radius 1 is 1.26 bits per heavy atom. The van der Waals surface area contributed by atoms with Gasteiger partial charge in [-0.15, -0.1) is 0 Å². The Morgan fingerprint density at radius 3 is 2.57 bits per heavy atom. The minimum absolute atomic E-state index is 0.477. The van der Waals surface area contributed by atoms with Gasteiger partial charge in [-0.3, -0.25) is 0 Å². The van der Waals surface area contributed by atoms with E-state index in [1.807, 2.05) is 31.2 Å². The predicted octanol–water partition coefficient (Wildman–Crippen LogP) is 1.29. The van der Waals surface area contributed by atoms with Gasteiger partial charge in [0, 0.05) is 39.1 Å². The molecule has 0 unspecified atom stereocenters. The number of methoxy groups -OCH3 is 1. The smallest absolute Gasteiger partial charge is 0.191 e. The van der Waals surface area contributed by atoms with Crippen molar-refractivity contribution in [3.8, 4) is 5.75 Å². The van der Waals surface area contributed by atoms with Crippen LogP contribution in [0.25, 0.3) is 0 Å². The second-order valence-electron chi connectivity index (χ2n) is 5.73. The van der Waals surface area contributed by atoms with Gasteiger partial charge in [0.2, 0.25) is 0 Å². The molecule has 6 nitrogen and oxygen atoms in total. The lowest BCUT2D eigenvalue weighted by Gasteiger charge is -2.32. The van der Waals surface area contributed by atoms with E-state index in [0.717, 1.165) is 17.9 Å². The third-order valence-electron chi connectivity index (χ3n) is 3.93. The van der Waals surface area contributed by atoms with E-state index >= 15 is 0 Å². The Kier molecular flexibility index (Phi) is 6.67. The summed E-state index contributed by atoms with van der Waals surface area (Å²) in [5, 5.41) is 16.9. The average molecular weight is 321 g/mol. The Hall–Kier alpha value is -1.79. The maximum absolute atomic E-state index is 10.5. The quantitative estimate of drug-likeness (QED) is 0.544. The maximum atomic E-state index is 10.5. The molecule has 6 heteroatoms. The highest BCUT2D eigenvalue weighted by Crippen LogP contribution is 2.19. The molecule has 1 aromatic rings. The second kappa shape index (κ2) is 8.74. The van der Waals surface area contributed by atoms with Crippen molar-refractivity contribution in [2.75, 3.05) is 33.4 Å². The first kappa shape index (κ1) is 17.6. The number of rotatable bonds is 6. The minimum atomic E-state index is -0.714. The fourth-order valence-electron chi connectivity index (χ4n) is 2.42. The Morgan fingerprint density at radius 2 is 1.96 bits per heavy atom. The number of aliphatic imine (C=N–C) groups is 1. The molecular formula is C17H27N3O3. The molecule has 0 aliphatic carbocycles. The molecule has 0 spiro atoms. The van der Waals surface area contributed by atoms with Crippen LogP contribution in [0.3, 0.4) is 0 Å². The van der Waals surface area contributed by atoms with Gasteiger partial charge >= 0.3 is 0 Å². The first-order chi connectivity index (χ1) is 11.1. The summed E-state index contributed by atoms with van der Waals surface area (Å²) in [7, 11) is 1.65. The molecule has 1 heterocycles. The molecule has 128 valence electrons. The normalized spacial score (nSPS) is 17.6. The largest absolute Gasteiger partial charge is 0.497 e. The summed E-state index contributed by atoms with van der Waals surface area (Å²) < 4.78 is 10.5. The van der Waals surface area contributed by atoms with Crippen molar-refractivity contribution in [3.63, 3.8) is 0 Å². The Bertz CT molecular complexity index is 496. The van der Waals surface area contributed by atoms with E-state index in [4.69, 9.17) is 9.47 Å². The molecule has 1 aromatic carbocycles. The molecule has 1 aliphatic rings. The minimum Gasteiger partial charge on any atom is -0.497 e. The van der Waals surface area contributed by atoms with Crippen molar-refractivity contribution in [2.24, 2.45) is 4.99 Å². The van der Waals surface area contributed by atoms with Crippen molar-refractivity contribution < 1.29 is 14.6 Å². The van der Waals surface area contributed by atoms with E-state index in [0.29, 0.717) is 45.1 Å². The van der Waals surface area contributed by atoms with Gasteiger partial charge in [-0.05, 0) is 24.6 Å². The maximum Gasteiger partial charge on any atom is 0.191 e. The monoisotopic (exact) mass is 321 g/mol. The summed E-state index contributed by atoms with van der Waals surface area (Å²) in [6.45, 7) is 5.06. The van der Waals surface area contributed by atoms with Crippen LogP contribution < -0.4 is 15.4 Å². The van der Waals surface area contributed by atoms with Gasteiger partial charge in [-0.25, -0.2) is 4.99 Å². The van der Waals surface area contributed by atoms with Gasteiger partial charge in [0.1, 0.15) is 5.75 Å². The van der Waals surface area contributed by atoms with Crippen LogP contribution in [0.2, 0.25) is 0 Å². The Balaban J connectivity index is 1.90. The molecule has 3 N–H and O–H groups in total. The number of nitrogens with zero attached hydrogens (tertiary/aromatic N) is 1. The van der Waals surface area contributed by atoms with Crippen LogP contribution in [0.15, 0.2) is 29.3 Å². The SMILES string of the molecule is CCNC(=NCc1ccc(OC)cc1)NCC1(O)CCOCC1. The van der Waals surface area contributed by atoms with Crippen LogP contribution in [0.1, 0.15) is 25.3 Å². The third-order valence-corrected chi connectivity index (χ3v) is 3.93. The first-order valence-electron chi connectivity index (χ1n) is 8.10. The van der Waals surface area contributed by atoms with E-state index < -0.39 is 5.60 Å². The van der Waals surface area contributed by atoms with Crippen molar-refractivity contribution in [3.05, 3.63) is 29.8 Å². The fourth-order valence-corrected chi connectivity index (χ4v) is 2.42. The summed E-state index contributed by atoms with van der Waals surface area (Å²) in [4.78, 5) is 4.57. The van der Waals surface area contributed by atoms with Crippen molar-refractivity contribution in [2.45, 2.75) is 31.9 Å². The van der Waals surface area contributed by atoms with Crippen LogP contribution in [0, 0.1) is 0 Å². The lowest BCUT2D eigenvalue weighted by molar-refractivity contribution is -0.0594. The van der Waals surface area contributed by atoms with Crippen LogP contribution in [0.4, 0.5) is 0 Å². The third kappa shape index (κ3) is 5.73. The molecular weight excluding hydrogens is 294 g/mol. The van der Waals surface area contributed by atoms with E-state index in [-0.39, 0.29) is 0 Å². The van der Waals surface area contributed by atoms with E-state index in [1.54, 1.807) is 7.11 Å². The van der Waals surface area contributed by atoms with E-state index in [1.165, 1.54) is 0 Å². The highest BCUT2D eigenvalue weighted by atomic mass is 16.5. The zero-order valence-corrected chi connectivity index (χ0v) is 14.0. The molecule has 0 amide bonds. The molecule has 0 saturated carbocycles. The summed E-state index contributed by atoms with van der Waals surface area (Å²) >= 11 is 0. The molecule has 23 heavy (non-hydrogen) atoms. The van der Waals surface area contributed by atoms with Gasteiger partial charge in [0.15, 0.2) is 5.96 Å². The fraction of sp³-hybridized carbons (Fsp3) is 0.588. The molecule has 2 rings (SSSR count). The lowest BCUT2D eigenvalue weighted by Crippen LogP contribution is -2.49. The van der Waals surface area contributed by atoms with Crippen molar-refractivity contribution in [1.82, 2.24) is 10.6 Å². The van der Waals surface area contributed by atoms with Gasteiger partial charge in [0.05, 0.1) is 19.3 Å². The highest BCUT2D eigenvalue weighted by molar-refractivity contribution is 5.79. The van der Waals surface area contributed by atoms with Crippen LogP contribution in [0.5, 0.6) is 5.75 Å². The van der Waals surface area contributed by atoms with Gasteiger partial charge in [-0.2, -0.15) is 0 Å². The zero-order chi connectivity index (χ0) is 16.5. The number of hydrogen-bond donors (Lipinski definition) is 3. The molecule has 1 saturated heterocycles. The van der Waals surface area contributed by atoms with Gasteiger partial charge in [0.25, 0.3) is 0 Å². The van der Waals surface area contributed by atoms with Crippen LogP contribution >= 0.6 is 0 Å². The number of ether oxygens (including phenoxy) is 2. The molecule has 0 radical (unpaired) electrons. The van der Waals surface area contributed by atoms with Crippen LogP contribution in [-0.4, -0.2) is 50.1 Å². The van der Waals surface area contributed by atoms with Gasteiger partial charge < -0.3 is 25.2 Å². The second-order valence-corrected chi connectivity index (χ2v) is 5.73. The first-order valence-corrected chi connectivity index (χ1v) is 8.10. The summed E-state index contributed by atoms with van der Waals surface area (Å²) in [5.74, 6) is 1.55. The average Bonchev–Trinajstić information content (AvgIpc) is 2.58. The number of nitrogens with one attached hydrogen (secondary N) is 2. The summed E-state index contributed by atoms with van der Waals surface area (Å²) in [6.07, 6.45) is 1.30. The number of benzene rings is 1. The topological polar surface area (TPSA) is 75.1 Å². The van der Waals surface area contributed by atoms with Crippen LogP contribution in [-0.2, 0) is 11.3 Å². The molecule has 0 bridgehead atoms. The predicted molar refractivity (Wildman–Crippen MR) is 90.8 cm³/mol. The molecule has 0 aromatic heterocycles. The van der Waals surface area contributed by atoms with Gasteiger partial charge in [-0.1, -0.05) is 12.1 Å². The lowest BCUT2D eigenvalue weighted by atomic mass is 9.94. The highest BCUT2D eigenvalue weighted by Gasteiger charge is 2.29. The standard InChI is InChI=1S/C17H27N3O3/c1-3-18-16(20-13-17(21)8-10-23-11-9-17)19-12-14-4-6-15(22-2)7-5-14/h4-7,21H,3,8-13H2,1-2H3,(H2,18,19,20). The van der Waals surface area contributed by atoms with E-state index in [9.17, 15) is 5.11 Å². The Labute approximate surface area is 137 Å². The van der Waals surface area contributed by atoms with E-state index in [2.05, 4.69) is 15.6 Å². The zero-order valence-electron chi connectivity index (χ0n) is 14.0. The van der Waals surface area contributed by atoms with Crippen molar-refractivity contribution >= 4 is 5.96 Å². The molecule has 1 fully saturated rings. The van der Waals surface area contributed by atoms with Crippen molar-refractivity contribution in [1.29, 1.82) is 0 Å². The number of guanidine groups is 1. The summed E-state index contributed by atoms with van der Waals surface area (Å²) in [5.41, 5.74) is 0.391. The molecule has 1 aliphatic heterocycles. The number of aliphatic hydroxyl groups is 1. The summed E-state index contributed by atoms with van der Waals surface area (Å²) in [6, 6.07) is 7.85. The number of hydrogen-bond acceptors (Lipinski definition) is 4.